The number of hydrogen-bond donors (Lipinski definition) is 1. The summed E-state index contributed by atoms with van der Waals surface area (Å²) in [5.74, 6) is 0.109. The molecule has 0 saturated carbocycles. The van der Waals surface area contributed by atoms with E-state index in [-0.39, 0.29) is 12.2 Å². The first kappa shape index (κ1) is 16.5. The molecule has 5 nitrogen and oxygen atoms in total. The van der Waals surface area contributed by atoms with E-state index in [2.05, 4.69) is 5.32 Å². The summed E-state index contributed by atoms with van der Waals surface area (Å²) in [6, 6.07) is 15.2. The first-order valence-electron chi connectivity index (χ1n) is 7.20. The number of carbonyl (C=O) groups excluding carboxylic acids is 2. The molecular formula is C18H19NO4. The summed E-state index contributed by atoms with van der Waals surface area (Å²) in [5, 5.41) is 3.03. The lowest BCUT2D eigenvalue weighted by Gasteiger charge is -2.17. The Morgan fingerprint density at radius 2 is 1.65 bits per heavy atom. The number of esters is 1. The van der Waals surface area contributed by atoms with Crippen molar-refractivity contribution in [2.75, 3.05) is 19.5 Å². The van der Waals surface area contributed by atoms with Gasteiger partial charge in [-0.15, -0.1) is 0 Å². The van der Waals surface area contributed by atoms with Crippen LogP contribution in [-0.2, 0) is 9.53 Å². The molecule has 0 spiro atoms. The van der Waals surface area contributed by atoms with E-state index in [9.17, 15) is 9.59 Å². The largest absolute Gasteiger partial charge is 0.497 e. The van der Waals surface area contributed by atoms with Crippen molar-refractivity contribution >= 4 is 17.4 Å². The number of nitrogens with one attached hydrogen (secondary N) is 1. The van der Waals surface area contributed by atoms with Gasteiger partial charge in [0, 0.05) is 17.7 Å². The maximum absolute atomic E-state index is 12.3. The van der Waals surface area contributed by atoms with E-state index in [0.29, 0.717) is 17.0 Å². The minimum Gasteiger partial charge on any atom is -0.497 e. The number of ether oxygens (including phenoxy) is 2. The average molecular weight is 313 g/mol. The van der Waals surface area contributed by atoms with E-state index in [1.54, 1.807) is 55.6 Å². The fraction of sp³-hybridized carbons (Fsp3) is 0.222. The van der Waals surface area contributed by atoms with Gasteiger partial charge >= 0.3 is 5.97 Å². The van der Waals surface area contributed by atoms with Crippen LogP contribution in [0.1, 0.15) is 16.8 Å². The van der Waals surface area contributed by atoms with Gasteiger partial charge in [-0.3, -0.25) is 4.79 Å². The second-order valence-corrected chi connectivity index (χ2v) is 4.94. The Labute approximate surface area is 135 Å². The first-order valence-corrected chi connectivity index (χ1v) is 7.20. The molecule has 0 aliphatic carbocycles. The molecule has 0 aliphatic heterocycles. The van der Waals surface area contributed by atoms with Crippen molar-refractivity contribution in [1.82, 2.24) is 0 Å². The third-order valence-corrected chi connectivity index (χ3v) is 3.40. The Morgan fingerprint density at radius 1 is 1.00 bits per heavy atom. The predicted molar refractivity (Wildman–Crippen MR) is 87.8 cm³/mol. The molecule has 0 bridgehead atoms. The highest BCUT2D eigenvalue weighted by Gasteiger charge is 2.23. The fourth-order valence-electron chi connectivity index (χ4n) is 2.15. The van der Waals surface area contributed by atoms with E-state index in [0.717, 1.165) is 0 Å². The van der Waals surface area contributed by atoms with Crippen molar-refractivity contribution in [3.8, 4) is 5.75 Å². The molecule has 0 aromatic heterocycles. The number of rotatable bonds is 7. The molecular weight excluding hydrogens is 294 g/mol. The Morgan fingerprint density at radius 3 is 2.22 bits per heavy atom. The monoisotopic (exact) mass is 313 g/mol. The maximum atomic E-state index is 12.3. The molecule has 5 heteroatoms. The van der Waals surface area contributed by atoms with Crippen molar-refractivity contribution < 1.29 is 19.1 Å². The molecule has 1 atom stereocenters. The second kappa shape index (κ2) is 7.98. The molecule has 0 amide bonds. The summed E-state index contributed by atoms with van der Waals surface area (Å²) in [5.41, 5.74) is 1.28. The molecule has 0 fully saturated rings. The number of Topliss-reactive ketones (excluding diaryl/α,β-unsaturated/α-hetero) is 1. The van der Waals surface area contributed by atoms with Gasteiger partial charge in [0.05, 0.1) is 14.2 Å². The smallest absolute Gasteiger partial charge is 0.328 e. The average Bonchev–Trinajstić information content (AvgIpc) is 2.61. The highest BCUT2D eigenvalue weighted by atomic mass is 16.5. The predicted octanol–water partition coefficient (Wildman–Crippen LogP) is 2.92. The summed E-state index contributed by atoms with van der Waals surface area (Å²) in [7, 11) is 2.89. The molecule has 2 aromatic carbocycles. The lowest BCUT2D eigenvalue weighted by Crippen LogP contribution is -2.33. The summed E-state index contributed by atoms with van der Waals surface area (Å²) in [6.45, 7) is 0. The zero-order valence-corrected chi connectivity index (χ0v) is 13.1. The standard InChI is InChI=1S/C18H19NO4/c1-22-15-10-8-14(9-11-15)19-16(18(21)23-2)12-17(20)13-6-4-3-5-7-13/h3-11,16,19H,12H2,1-2H3/t16-/m0/s1. The quantitative estimate of drug-likeness (QED) is 0.629. The van der Waals surface area contributed by atoms with Gasteiger partial charge in [-0.25, -0.2) is 4.79 Å². The van der Waals surface area contributed by atoms with Gasteiger partial charge in [0.25, 0.3) is 0 Å². The van der Waals surface area contributed by atoms with Crippen molar-refractivity contribution in [3.63, 3.8) is 0 Å². The van der Waals surface area contributed by atoms with Crippen LogP contribution in [-0.4, -0.2) is 32.0 Å². The zero-order valence-electron chi connectivity index (χ0n) is 13.1. The van der Waals surface area contributed by atoms with Crippen LogP contribution in [0.3, 0.4) is 0 Å². The van der Waals surface area contributed by atoms with E-state index in [1.165, 1.54) is 7.11 Å². The van der Waals surface area contributed by atoms with Crippen LogP contribution in [0.2, 0.25) is 0 Å². The van der Waals surface area contributed by atoms with Crippen LogP contribution >= 0.6 is 0 Å². The van der Waals surface area contributed by atoms with Crippen LogP contribution < -0.4 is 10.1 Å². The number of carbonyl (C=O) groups is 2. The minimum atomic E-state index is -0.749. The summed E-state index contributed by atoms with van der Waals surface area (Å²) in [4.78, 5) is 24.2. The summed E-state index contributed by atoms with van der Waals surface area (Å²) in [6.07, 6.45) is 0.0166. The third-order valence-electron chi connectivity index (χ3n) is 3.40. The Bertz CT molecular complexity index is 652. The Balaban J connectivity index is 2.10. The summed E-state index contributed by atoms with van der Waals surface area (Å²) >= 11 is 0. The molecule has 0 aliphatic rings. The number of ketones is 1. The minimum absolute atomic E-state index is 0.0166. The molecule has 2 rings (SSSR count). The topological polar surface area (TPSA) is 64.6 Å². The van der Waals surface area contributed by atoms with Crippen LogP contribution in [0.25, 0.3) is 0 Å². The van der Waals surface area contributed by atoms with Gasteiger partial charge in [-0.1, -0.05) is 30.3 Å². The van der Waals surface area contributed by atoms with Gasteiger partial charge < -0.3 is 14.8 Å². The van der Waals surface area contributed by atoms with Gasteiger partial charge in [-0.05, 0) is 24.3 Å². The van der Waals surface area contributed by atoms with Crippen LogP contribution in [0.4, 0.5) is 5.69 Å². The highest BCUT2D eigenvalue weighted by Crippen LogP contribution is 2.17. The second-order valence-electron chi connectivity index (χ2n) is 4.94. The fourth-order valence-corrected chi connectivity index (χ4v) is 2.15. The zero-order chi connectivity index (χ0) is 16.7. The van der Waals surface area contributed by atoms with Crippen molar-refractivity contribution in [2.45, 2.75) is 12.5 Å². The molecule has 0 radical (unpaired) electrons. The van der Waals surface area contributed by atoms with Gasteiger partial charge in [0.1, 0.15) is 11.8 Å². The maximum Gasteiger partial charge on any atom is 0.328 e. The van der Waals surface area contributed by atoms with E-state index in [4.69, 9.17) is 9.47 Å². The van der Waals surface area contributed by atoms with E-state index < -0.39 is 12.0 Å². The van der Waals surface area contributed by atoms with Crippen LogP contribution in [0, 0.1) is 0 Å². The van der Waals surface area contributed by atoms with Crippen molar-refractivity contribution in [2.24, 2.45) is 0 Å². The number of hydrogen-bond acceptors (Lipinski definition) is 5. The SMILES string of the molecule is COC(=O)[C@H](CC(=O)c1ccccc1)Nc1ccc(OC)cc1. The molecule has 23 heavy (non-hydrogen) atoms. The summed E-state index contributed by atoms with van der Waals surface area (Å²) < 4.78 is 9.88. The van der Waals surface area contributed by atoms with Crippen molar-refractivity contribution in [3.05, 3.63) is 60.2 Å². The Kier molecular flexibility index (Phi) is 5.74. The van der Waals surface area contributed by atoms with Gasteiger partial charge in [0.2, 0.25) is 0 Å². The van der Waals surface area contributed by atoms with Crippen molar-refractivity contribution in [1.29, 1.82) is 0 Å². The van der Waals surface area contributed by atoms with Crippen LogP contribution in [0.5, 0.6) is 5.75 Å². The number of benzene rings is 2. The molecule has 0 unspecified atom stereocenters. The molecule has 0 heterocycles. The lowest BCUT2D eigenvalue weighted by molar-refractivity contribution is -0.141. The van der Waals surface area contributed by atoms with E-state index >= 15 is 0 Å². The first-order chi connectivity index (χ1) is 11.1. The van der Waals surface area contributed by atoms with Gasteiger partial charge in [0.15, 0.2) is 5.78 Å². The third kappa shape index (κ3) is 4.57. The highest BCUT2D eigenvalue weighted by molar-refractivity contribution is 5.99. The van der Waals surface area contributed by atoms with Gasteiger partial charge in [-0.2, -0.15) is 0 Å². The molecule has 1 N–H and O–H groups in total. The number of anilines is 1. The number of methoxy groups -OCH3 is 2. The molecule has 0 saturated heterocycles. The lowest BCUT2D eigenvalue weighted by atomic mass is 10.0. The molecule has 120 valence electrons. The van der Waals surface area contributed by atoms with E-state index in [1.807, 2.05) is 6.07 Å². The normalized spacial score (nSPS) is 11.4. The molecule has 2 aromatic rings. The van der Waals surface area contributed by atoms with Crippen LogP contribution in [0.15, 0.2) is 54.6 Å². The Hall–Kier alpha value is -2.82.